The molecule has 0 radical (unpaired) electrons. The summed E-state index contributed by atoms with van der Waals surface area (Å²) in [5.74, 6) is 0.0476. The average molecular weight is 246 g/mol. The number of carbonyl (C=O) groups excluding carboxylic acids is 1. The number of nitrogens with one attached hydrogen (secondary N) is 1. The smallest absolute Gasteiger partial charge is 0.231 e. The Morgan fingerprint density at radius 3 is 3.00 bits per heavy atom. The predicted octanol–water partition coefficient (Wildman–Crippen LogP) is 0.467. The Morgan fingerprint density at radius 2 is 2.22 bits per heavy atom. The summed E-state index contributed by atoms with van der Waals surface area (Å²) in [7, 11) is 0. The van der Waals surface area contributed by atoms with Crippen molar-refractivity contribution in [3.8, 4) is 0 Å². The second-order valence-corrected chi connectivity index (χ2v) is 5.11. The number of β-amino-alcohol motifs (C(OH)–C–C–N with tert-alkyl or cyclic N) is 1. The molecular weight excluding hydrogens is 228 g/mol. The van der Waals surface area contributed by atoms with Crippen molar-refractivity contribution in [3.05, 3.63) is 35.4 Å². The van der Waals surface area contributed by atoms with E-state index in [0.717, 1.165) is 12.1 Å². The molecule has 1 unspecified atom stereocenters. The van der Waals surface area contributed by atoms with Crippen LogP contribution in [-0.4, -0.2) is 41.7 Å². The van der Waals surface area contributed by atoms with Gasteiger partial charge in [0.25, 0.3) is 0 Å². The number of amides is 1. The maximum atomic E-state index is 12.5. The Kier molecular flexibility index (Phi) is 3.06. The van der Waals surface area contributed by atoms with Gasteiger partial charge in [-0.25, -0.2) is 0 Å². The van der Waals surface area contributed by atoms with Gasteiger partial charge in [0.15, 0.2) is 0 Å². The molecule has 0 aliphatic carbocycles. The zero-order chi connectivity index (χ0) is 12.5. The number of hydrogen-bond donors (Lipinski definition) is 2. The lowest BCUT2D eigenvalue weighted by molar-refractivity contribution is -0.132. The molecule has 2 atom stereocenters. The van der Waals surface area contributed by atoms with Gasteiger partial charge in [0, 0.05) is 26.2 Å². The summed E-state index contributed by atoms with van der Waals surface area (Å²) in [5.41, 5.74) is 2.35. The average Bonchev–Trinajstić information content (AvgIpc) is 2.84. The molecule has 4 nitrogen and oxygen atoms in total. The summed E-state index contributed by atoms with van der Waals surface area (Å²) in [5, 5.41) is 12.8. The van der Waals surface area contributed by atoms with E-state index in [1.54, 1.807) is 4.90 Å². The topological polar surface area (TPSA) is 52.6 Å². The van der Waals surface area contributed by atoms with Gasteiger partial charge in [-0.15, -0.1) is 0 Å². The summed E-state index contributed by atoms with van der Waals surface area (Å²) >= 11 is 0. The van der Waals surface area contributed by atoms with E-state index in [1.807, 2.05) is 18.2 Å². The van der Waals surface area contributed by atoms with Crippen molar-refractivity contribution in [3.63, 3.8) is 0 Å². The van der Waals surface area contributed by atoms with E-state index in [1.165, 1.54) is 5.56 Å². The molecule has 2 aliphatic heterocycles. The van der Waals surface area contributed by atoms with Crippen LogP contribution in [-0.2, 0) is 11.3 Å². The molecule has 1 aromatic rings. The Morgan fingerprint density at radius 1 is 1.39 bits per heavy atom. The van der Waals surface area contributed by atoms with Crippen molar-refractivity contribution in [2.75, 3.05) is 19.6 Å². The molecule has 2 aliphatic rings. The molecule has 3 rings (SSSR count). The number of aliphatic hydroxyl groups excluding tert-OH is 1. The number of rotatable bonds is 1. The summed E-state index contributed by atoms with van der Waals surface area (Å²) in [6, 6.07) is 8.11. The van der Waals surface area contributed by atoms with Gasteiger partial charge < -0.3 is 15.3 Å². The molecule has 18 heavy (non-hydrogen) atoms. The SMILES string of the molecule is O=C(C1CNCc2ccccc21)N1CC[C@H](O)C1. The third-order valence-electron chi connectivity index (χ3n) is 3.87. The molecule has 2 N–H and O–H groups in total. The molecule has 96 valence electrons. The molecule has 0 bridgehead atoms. The van der Waals surface area contributed by atoms with Crippen molar-refractivity contribution in [2.45, 2.75) is 25.0 Å². The highest BCUT2D eigenvalue weighted by molar-refractivity contribution is 5.85. The fraction of sp³-hybridized carbons (Fsp3) is 0.500. The number of aliphatic hydroxyl groups is 1. The normalized spacial score (nSPS) is 27.1. The van der Waals surface area contributed by atoms with E-state index in [2.05, 4.69) is 11.4 Å². The van der Waals surface area contributed by atoms with Crippen LogP contribution in [0.4, 0.5) is 0 Å². The van der Waals surface area contributed by atoms with Crippen molar-refractivity contribution < 1.29 is 9.90 Å². The van der Waals surface area contributed by atoms with Gasteiger partial charge in [-0.3, -0.25) is 4.79 Å². The van der Waals surface area contributed by atoms with Crippen LogP contribution in [0, 0.1) is 0 Å². The standard InChI is InChI=1S/C14H18N2O2/c17-11-5-6-16(9-11)14(18)13-8-15-7-10-3-1-2-4-12(10)13/h1-4,11,13,15,17H,5-9H2/t11-,13?/m0/s1. The third kappa shape index (κ3) is 2.02. The van der Waals surface area contributed by atoms with Gasteiger partial charge >= 0.3 is 0 Å². The van der Waals surface area contributed by atoms with Crippen LogP contribution in [0.15, 0.2) is 24.3 Å². The first-order valence-electron chi connectivity index (χ1n) is 6.51. The minimum atomic E-state index is -0.347. The highest BCUT2D eigenvalue weighted by atomic mass is 16.3. The number of carbonyl (C=O) groups is 1. The number of likely N-dealkylation sites (tertiary alicyclic amines) is 1. The summed E-state index contributed by atoms with van der Waals surface area (Å²) < 4.78 is 0. The van der Waals surface area contributed by atoms with Crippen LogP contribution in [0.5, 0.6) is 0 Å². The lowest BCUT2D eigenvalue weighted by atomic mass is 9.90. The Bertz CT molecular complexity index is 461. The first-order chi connectivity index (χ1) is 8.75. The van der Waals surface area contributed by atoms with Gasteiger partial charge in [-0.2, -0.15) is 0 Å². The van der Waals surface area contributed by atoms with Crippen LogP contribution in [0.1, 0.15) is 23.5 Å². The summed E-state index contributed by atoms with van der Waals surface area (Å²) in [6.07, 6.45) is 0.355. The van der Waals surface area contributed by atoms with Gasteiger partial charge in [-0.05, 0) is 17.5 Å². The van der Waals surface area contributed by atoms with Crippen molar-refractivity contribution in [1.29, 1.82) is 0 Å². The second kappa shape index (κ2) is 4.71. The molecule has 0 spiro atoms. The Hall–Kier alpha value is -1.39. The van der Waals surface area contributed by atoms with Crippen LogP contribution in [0.3, 0.4) is 0 Å². The predicted molar refractivity (Wildman–Crippen MR) is 68.1 cm³/mol. The minimum absolute atomic E-state index is 0.0970. The highest BCUT2D eigenvalue weighted by Gasteiger charge is 2.33. The molecule has 2 heterocycles. The van der Waals surface area contributed by atoms with E-state index in [9.17, 15) is 9.90 Å². The molecule has 4 heteroatoms. The van der Waals surface area contributed by atoms with Gasteiger partial charge in [-0.1, -0.05) is 24.3 Å². The zero-order valence-electron chi connectivity index (χ0n) is 10.3. The molecule has 1 aromatic carbocycles. The lowest BCUT2D eigenvalue weighted by Crippen LogP contribution is -2.40. The molecule has 1 amide bonds. The van der Waals surface area contributed by atoms with Crippen molar-refractivity contribution >= 4 is 5.91 Å². The largest absolute Gasteiger partial charge is 0.391 e. The number of fused-ring (bicyclic) bond motifs is 1. The Balaban J connectivity index is 1.83. The van der Waals surface area contributed by atoms with Crippen LogP contribution < -0.4 is 5.32 Å². The molecular formula is C14H18N2O2. The molecule has 0 aromatic heterocycles. The monoisotopic (exact) mass is 246 g/mol. The summed E-state index contributed by atoms with van der Waals surface area (Å²) in [4.78, 5) is 14.3. The maximum Gasteiger partial charge on any atom is 0.231 e. The van der Waals surface area contributed by atoms with Crippen LogP contribution in [0.2, 0.25) is 0 Å². The number of hydrogen-bond acceptors (Lipinski definition) is 3. The first kappa shape index (κ1) is 11.7. The van der Waals surface area contributed by atoms with Gasteiger partial charge in [0.05, 0.1) is 12.0 Å². The number of benzene rings is 1. The maximum absolute atomic E-state index is 12.5. The highest BCUT2D eigenvalue weighted by Crippen LogP contribution is 2.26. The lowest BCUT2D eigenvalue weighted by Gasteiger charge is -2.29. The van der Waals surface area contributed by atoms with Gasteiger partial charge in [0.1, 0.15) is 0 Å². The first-order valence-corrected chi connectivity index (χ1v) is 6.51. The van der Waals surface area contributed by atoms with E-state index in [-0.39, 0.29) is 17.9 Å². The van der Waals surface area contributed by atoms with Crippen LogP contribution in [0.25, 0.3) is 0 Å². The van der Waals surface area contributed by atoms with Crippen molar-refractivity contribution in [2.24, 2.45) is 0 Å². The van der Waals surface area contributed by atoms with E-state index < -0.39 is 0 Å². The van der Waals surface area contributed by atoms with Crippen LogP contribution >= 0.6 is 0 Å². The molecule has 0 saturated carbocycles. The van der Waals surface area contributed by atoms with E-state index in [0.29, 0.717) is 26.1 Å². The van der Waals surface area contributed by atoms with Crippen molar-refractivity contribution in [1.82, 2.24) is 10.2 Å². The molecule has 1 saturated heterocycles. The second-order valence-electron chi connectivity index (χ2n) is 5.11. The van der Waals surface area contributed by atoms with Gasteiger partial charge in [0.2, 0.25) is 5.91 Å². The third-order valence-corrected chi connectivity index (χ3v) is 3.87. The fourth-order valence-electron chi connectivity index (χ4n) is 2.88. The quantitative estimate of drug-likeness (QED) is 0.757. The Labute approximate surface area is 107 Å². The zero-order valence-corrected chi connectivity index (χ0v) is 10.3. The minimum Gasteiger partial charge on any atom is -0.391 e. The van der Waals surface area contributed by atoms with E-state index in [4.69, 9.17) is 0 Å². The number of nitrogens with zero attached hydrogens (tertiary/aromatic N) is 1. The summed E-state index contributed by atoms with van der Waals surface area (Å²) in [6.45, 7) is 2.70. The van der Waals surface area contributed by atoms with E-state index >= 15 is 0 Å². The fourth-order valence-corrected chi connectivity index (χ4v) is 2.88. The molecule has 1 fully saturated rings.